The highest BCUT2D eigenvalue weighted by atomic mass is 16.1. The molecular weight excluding hydrogens is 238 g/mol. The molecule has 0 bridgehead atoms. The first-order valence-electron chi connectivity index (χ1n) is 6.97. The zero-order chi connectivity index (χ0) is 13.2. The average molecular weight is 255 g/mol. The quantitative estimate of drug-likeness (QED) is 0.770. The number of ketones is 1. The number of piperidine rings is 1. The van der Waals surface area contributed by atoms with E-state index in [0.29, 0.717) is 18.5 Å². The Morgan fingerprint density at radius 2 is 2.05 bits per heavy atom. The Hall–Kier alpha value is -1.89. The summed E-state index contributed by atoms with van der Waals surface area (Å²) in [6, 6.07) is 4.22. The first-order chi connectivity index (χ1) is 9.28. The zero-order valence-electron chi connectivity index (χ0n) is 11.0. The van der Waals surface area contributed by atoms with Crippen LogP contribution < -0.4 is 4.90 Å². The van der Waals surface area contributed by atoms with Crippen molar-refractivity contribution in [2.75, 3.05) is 18.0 Å². The Morgan fingerprint density at radius 3 is 2.84 bits per heavy atom. The van der Waals surface area contributed by atoms with Crippen molar-refractivity contribution in [2.24, 2.45) is 0 Å². The molecule has 0 saturated carbocycles. The highest BCUT2D eigenvalue weighted by molar-refractivity contribution is 5.84. The van der Waals surface area contributed by atoms with E-state index < -0.39 is 0 Å². The number of Topliss-reactive ketones (excluding diaryl/α,β-unsaturated/α-hetero) is 1. The van der Waals surface area contributed by atoms with Gasteiger partial charge in [0.25, 0.3) is 0 Å². The zero-order valence-corrected chi connectivity index (χ0v) is 11.0. The number of nitrogens with zero attached hydrogens (tertiary/aromatic N) is 3. The van der Waals surface area contributed by atoms with E-state index in [4.69, 9.17) is 4.98 Å². The van der Waals surface area contributed by atoms with Crippen LogP contribution >= 0.6 is 0 Å². The van der Waals surface area contributed by atoms with Gasteiger partial charge in [0.1, 0.15) is 11.9 Å². The van der Waals surface area contributed by atoms with Crippen molar-refractivity contribution in [3.05, 3.63) is 22.9 Å². The highest BCUT2D eigenvalue weighted by Gasteiger charge is 2.23. The fourth-order valence-corrected chi connectivity index (χ4v) is 2.96. The molecule has 1 aromatic rings. The minimum absolute atomic E-state index is 0.245. The van der Waals surface area contributed by atoms with Crippen LogP contribution in [0.25, 0.3) is 0 Å². The van der Waals surface area contributed by atoms with Gasteiger partial charge in [-0.05, 0) is 43.7 Å². The number of hydrogen-bond acceptors (Lipinski definition) is 4. The molecule has 98 valence electrons. The lowest BCUT2D eigenvalue weighted by Gasteiger charge is -2.29. The third-order valence-electron chi connectivity index (χ3n) is 3.95. The van der Waals surface area contributed by atoms with Crippen molar-refractivity contribution in [3.8, 4) is 6.07 Å². The molecular formula is C15H17N3O. The molecule has 1 fully saturated rings. The molecule has 0 N–H and O–H groups in total. The first kappa shape index (κ1) is 12.2. The van der Waals surface area contributed by atoms with Crippen molar-refractivity contribution in [1.82, 2.24) is 4.98 Å². The maximum absolute atomic E-state index is 11.6. The highest BCUT2D eigenvalue weighted by Crippen LogP contribution is 2.27. The van der Waals surface area contributed by atoms with E-state index in [9.17, 15) is 10.1 Å². The summed E-state index contributed by atoms with van der Waals surface area (Å²) in [7, 11) is 0. The van der Waals surface area contributed by atoms with Crippen LogP contribution in [0.5, 0.6) is 0 Å². The molecule has 1 aromatic heterocycles. The Bertz CT molecular complexity index is 559. The minimum atomic E-state index is 0.245. The minimum Gasteiger partial charge on any atom is -0.348 e. The molecule has 4 nitrogen and oxygen atoms in total. The van der Waals surface area contributed by atoms with Crippen LogP contribution in [0.1, 0.15) is 42.5 Å². The molecule has 2 aliphatic rings. The van der Waals surface area contributed by atoms with Gasteiger partial charge in [0.15, 0.2) is 5.78 Å². The second-order valence-electron chi connectivity index (χ2n) is 5.35. The Morgan fingerprint density at radius 1 is 1.21 bits per heavy atom. The van der Waals surface area contributed by atoms with Gasteiger partial charge in [-0.2, -0.15) is 5.26 Å². The SMILES string of the molecule is N#Cc1cc2c(nc1N1CCCC(=O)C1)CCCC2. The lowest BCUT2D eigenvalue weighted by atomic mass is 9.94. The number of carbonyl (C=O) groups is 1. The van der Waals surface area contributed by atoms with Crippen molar-refractivity contribution < 1.29 is 4.79 Å². The number of fused-ring (bicyclic) bond motifs is 1. The Labute approximate surface area is 113 Å². The van der Waals surface area contributed by atoms with Crippen LogP contribution in [-0.4, -0.2) is 23.9 Å². The third-order valence-corrected chi connectivity index (χ3v) is 3.95. The van der Waals surface area contributed by atoms with Gasteiger partial charge in [-0.15, -0.1) is 0 Å². The van der Waals surface area contributed by atoms with E-state index in [-0.39, 0.29) is 5.78 Å². The number of pyridine rings is 1. The van der Waals surface area contributed by atoms with Crippen LogP contribution in [0.15, 0.2) is 6.07 Å². The summed E-state index contributed by atoms with van der Waals surface area (Å²) < 4.78 is 0. The molecule has 19 heavy (non-hydrogen) atoms. The van der Waals surface area contributed by atoms with Gasteiger partial charge in [-0.3, -0.25) is 4.79 Å². The van der Waals surface area contributed by atoms with Gasteiger partial charge in [-0.1, -0.05) is 0 Å². The van der Waals surface area contributed by atoms with Crippen LogP contribution in [-0.2, 0) is 17.6 Å². The van der Waals surface area contributed by atoms with Crippen LogP contribution in [0.3, 0.4) is 0 Å². The van der Waals surface area contributed by atoms with Crippen molar-refractivity contribution in [2.45, 2.75) is 38.5 Å². The average Bonchev–Trinajstić information content (AvgIpc) is 2.46. The van der Waals surface area contributed by atoms with Gasteiger partial charge in [0, 0.05) is 18.7 Å². The summed E-state index contributed by atoms with van der Waals surface area (Å²) in [5.41, 5.74) is 2.96. The molecule has 4 heteroatoms. The van der Waals surface area contributed by atoms with E-state index in [0.717, 1.165) is 37.3 Å². The summed E-state index contributed by atoms with van der Waals surface area (Å²) in [6.45, 7) is 1.23. The number of aryl methyl sites for hydroxylation is 2. The molecule has 2 heterocycles. The summed E-state index contributed by atoms with van der Waals surface area (Å²) in [6.07, 6.45) is 5.89. The lowest BCUT2D eigenvalue weighted by Crippen LogP contribution is -2.37. The Balaban J connectivity index is 1.99. The smallest absolute Gasteiger partial charge is 0.152 e. The van der Waals surface area contributed by atoms with E-state index in [1.165, 1.54) is 18.4 Å². The normalized spacial score (nSPS) is 18.9. The van der Waals surface area contributed by atoms with Crippen molar-refractivity contribution >= 4 is 11.6 Å². The number of rotatable bonds is 1. The third kappa shape index (κ3) is 2.33. The topological polar surface area (TPSA) is 57.0 Å². The second-order valence-corrected chi connectivity index (χ2v) is 5.35. The Kier molecular flexibility index (Phi) is 3.20. The van der Waals surface area contributed by atoms with E-state index in [1.807, 2.05) is 11.0 Å². The van der Waals surface area contributed by atoms with E-state index in [1.54, 1.807) is 0 Å². The molecule has 0 amide bonds. The number of carbonyl (C=O) groups excluding carboxylic acids is 1. The summed E-state index contributed by atoms with van der Waals surface area (Å²) in [5, 5.41) is 9.31. The second kappa shape index (κ2) is 5.00. The van der Waals surface area contributed by atoms with Gasteiger partial charge in [-0.25, -0.2) is 4.98 Å². The monoisotopic (exact) mass is 255 g/mol. The summed E-state index contributed by atoms with van der Waals surface area (Å²) >= 11 is 0. The van der Waals surface area contributed by atoms with Crippen molar-refractivity contribution in [1.29, 1.82) is 5.26 Å². The molecule has 0 unspecified atom stereocenters. The summed E-state index contributed by atoms with van der Waals surface area (Å²) in [4.78, 5) is 18.2. The van der Waals surface area contributed by atoms with Gasteiger partial charge in [0.05, 0.1) is 12.1 Å². The first-order valence-corrected chi connectivity index (χ1v) is 6.97. The van der Waals surface area contributed by atoms with E-state index in [2.05, 4.69) is 6.07 Å². The maximum atomic E-state index is 11.6. The number of aromatic nitrogens is 1. The maximum Gasteiger partial charge on any atom is 0.152 e. The van der Waals surface area contributed by atoms with Crippen LogP contribution in [0.4, 0.5) is 5.82 Å². The fraction of sp³-hybridized carbons (Fsp3) is 0.533. The molecule has 0 spiro atoms. The number of nitriles is 1. The predicted octanol–water partition coefficient (Wildman–Crippen LogP) is 2.00. The molecule has 1 saturated heterocycles. The predicted molar refractivity (Wildman–Crippen MR) is 72.0 cm³/mol. The molecule has 1 aliphatic carbocycles. The summed E-state index contributed by atoms with van der Waals surface area (Å²) in [5.74, 6) is 0.964. The standard InChI is InChI=1S/C15H17N3O/c16-9-12-8-11-4-1-2-6-14(11)17-15(12)18-7-3-5-13(19)10-18/h8H,1-7,10H2. The largest absolute Gasteiger partial charge is 0.348 e. The molecule has 0 radical (unpaired) electrons. The lowest BCUT2D eigenvalue weighted by molar-refractivity contribution is -0.118. The van der Waals surface area contributed by atoms with Gasteiger partial charge < -0.3 is 4.90 Å². The molecule has 3 rings (SSSR count). The number of anilines is 1. The molecule has 0 atom stereocenters. The van der Waals surface area contributed by atoms with Gasteiger partial charge in [0.2, 0.25) is 0 Å². The molecule has 1 aliphatic heterocycles. The van der Waals surface area contributed by atoms with Gasteiger partial charge >= 0.3 is 0 Å². The van der Waals surface area contributed by atoms with Crippen LogP contribution in [0, 0.1) is 11.3 Å². The number of hydrogen-bond donors (Lipinski definition) is 0. The van der Waals surface area contributed by atoms with E-state index >= 15 is 0 Å². The molecule has 0 aromatic carbocycles. The van der Waals surface area contributed by atoms with Crippen molar-refractivity contribution in [3.63, 3.8) is 0 Å². The van der Waals surface area contributed by atoms with Crippen LogP contribution in [0.2, 0.25) is 0 Å². The fourth-order valence-electron chi connectivity index (χ4n) is 2.96.